The fraction of sp³-hybridized carbons (Fsp3) is 0.250. The number of rotatable bonds is 5. The van der Waals surface area contributed by atoms with Crippen molar-refractivity contribution in [2.45, 2.75) is 19.6 Å². The predicted octanol–water partition coefficient (Wildman–Crippen LogP) is 3.33. The smallest absolute Gasteiger partial charge is 0.161 e. The monoisotopic (exact) mass is 258 g/mol. The van der Waals surface area contributed by atoms with Crippen molar-refractivity contribution in [2.24, 2.45) is 0 Å². The number of benzene rings is 2. The van der Waals surface area contributed by atoms with Crippen LogP contribution in [0.5, 0.6) is 11.5 Å². The van der Waals surface area contributed by atoms with E-state index in [1.165, 1.54) is 0 Å². The van der Waals surface area contributed by atoms with E-state index in [0.29, 0.717) is 18.1 Å². The Labute approximate surface area is 113 Å². The van der Waals surface area contributed by atoms with Gasteiger partial charge in [0.1, 0.15) is 6.61 Å². The Kier molecular flexibility index (Phi) is 4.42. The molecule has 0 aliphatic carbocycles. The fourth-order valence-corrected chi connectivity index (χ4v) is 1.80. The summed E-state index contributed by atoms with van der Waals surface area (Å²) in [5.41, 5.74) is 1.91. The fourth-order valence-electron chi connectivity index (χ4n) is 1.80. The third-order valence-corrected chi connectivity index (χ3v) is 2.91. The molecule has 1 atom stereocenters. The summed E-state index contributed by atoms with van der Waals surface area (Å²) < 4.78 is 11.0. The maximum atomic E-state index is 9.55. The van der Waals surface area contributed by atoms with Gasteiger partial charge >= 0.3 is 0 Å². The molecule has 0 aliphatic heterocycles. The molecule has 1 N–H and O–H groups in total. The average Bonchev–Trinajstić information content (AvgIpc) is 2.45. The van der Waals surface area contributed by atoms with Gasteiger partial charge in [-0.05, 0) is 30.2 Å². The molecule has 100 valence electrons. The van der Waals surface area contributed by atoms with Crippen LogP contribution in [0.4, 0.5) is 0 Å². The van der Waals surface area contributed by atoms with Crippen molar-refractivity contribution < 1.29 is 14.6 Å². The highest BCUT2D eigenvalue weighted by atomic mass is 16.5. The highest BCUT2D eigenvalue weighted by Crippen LogP contribution is 2.30. The molecule has 0 heterocycles. The quantitative estimate of drug-likeness (QED) is 0.894. The predicted molar refractivity (Wildman–Crippen MR) is 74.4 cm³/mol. The van der Waals surface area contributed by atoms with Crippen molar-refractivity contribution in [1.29, 1.82) is 0 Å². The van der Waals surface area contributed by atoms with Gasteiger partial charge in [0.15, 0.2) is 11.5 Å². The second-order valence-electron chi connectivity index (χ2n) is 4.36. The highest BCUT2D eigenvalue weighted by Gasteiger charge is 2.08. The van der Waals surface area contributed by atoms with Crippen LogP contribution in [0.25, 0.3) is 0 Å². The van der Waals surface area contributed by atoms with Crippen LogP contribution in [0.2, 0.25) is 0 Å². The Hall–Kier alpha value is -2.00. The van der Waals surface area contributed by atoms with Gasteiger partial charge in [0.05, 0.1) is 13.2 Å². The molecule has 0 fully saturated rings. The molecule has 0 aromatic heterocycles. The molecular weight excluding hydrogens is 240 g/mol. The molecule has 0 saturated carbocycles. The van der Waals surface area contributed by atoms with Gasteiger partial charge in [-0.3, -0.25) is 0 Å². The molecule has 0 saturated heterocycles. The SMILES string of the molecule is COc1cc([C@@H](C)O)ccc1OCc1ccccc1. The molecule has 0 radical (unpaired) electrons. The van der Waals surface area contributed by atoms with E-state index in [1.807, 2.05) is 42.5 Å². The van der Waals surface area contributed by atoms with Crippen LogP contribution in [-0.2, 0) is 6.61 Å². The number of methoxy groups -OCH3 is 1. The average molecular weight is 258 g/mol. The largest absolute Gasteiger partial charge is 0.493 e. The first-order valence-electron chi connectivity index (χ1n) is 6.23. The normalized spacial score (nSPS) is 11.9. The molecule has 2 aromatic carbocycles. The molecule has 0 amide bonds. The number of aliphatic hydroxyl groups is 1. The second kappa shape index (κ2) is 6.25. The summed E-state index contributed by atoms with van der Waals surface area (Å²) in [6.07, 6.45) is -0.517. The topological polar surface area (TPSA) is 38.7 Å². The van der Waals surface area contributed by atoms with Crippen molar-refractivity contribution in [2.75, 3.05) is 7.11 Å². The zero-order chi connectivity index (χ0) is 13.7. The van der Waals surface area contributed by atoms with Crippen molar-refractivity contribution in [3.63, 3.8) is 0 Å². The molecule has 2 aromatic rings. The maximum absolute atomic E-state index is 9.55. The lowest BCUT2D eigenvalue weighted by molar-refractivity contribution is 0.198. The summed E-state index contributed by atoms with van der Waals surface area (Å²) in [6, 6.07) is 15.4. The number of hydrogen-bond donors (Lipinski definition) is 1. The van der Waals surface area contributed by atoms with Gasteiger partial charge in [0, 0.05) is 0 Å². The zero-order valence-electron chi connectivity index (χ0n) is 11.2. The van der Waals surface area contributed by atoms with Crippen LogP contribution in [0.15, 0.2) is 48.5 Å². The lowest BCUT2D eigenvalue weighted by atomic mass is 10.1. The Balaban J connectivity index is 2.12. The highest BCUT2D eigenvalue weighted by molar-refractivity contribution is 5.43. The lowest BCUT2D eigenvalue weighted by Gasteiger charge is -2.13. The van der Waals surface area contributed by atoms with Crippen molar-refractivity contribution in [1.82, 2.24) is 0 Å². The Morgan fingerprint density at radius 2 is 1.79 bits per heavy atom. The van der Waals surface area contributed by atoms with E-state index in [1.54, 1.807) is 20.1 Å². The van der Waals surface area contributed by atoms with E-state index >= 15 is 0 Å². The van der Waals surface area contributed by atoms with Crippen molar-refractivity contribution in [3.05, 3.63) is 59.7 Å². The summed E-state index contributed by atoms with van der Waals surface area (Å²) in [5, 5.41) is 9.55. The maximum Gasteiger partial charge on any atom is 0.161 e. The Bertz CT molecular complexity index is 521. The lowest BCUT2D eigenvalue weighted by Crippen LogP contribution is -1.99. The van der Waals surface area contributed by atoms with Crippen LogP contribution >= 0.6 is 0 Å². The molecule has 3 heteroatoms. The summed E-state index contributed by atoms with van der Waals surface area (Å²) in [4.78, 5) is 0. The van der Waals surface area contributed by atoms with E-state index in [4.69, 9.17) is 9.47 Å². The first kappa shape index (κ1) is 13.4. The summed E-state index contributed by atoms with van der Waals surface area (Å²) in [5.74, 6) is 1.31. The zero-order valence-corrected chi connectivity index (χ0v) is 11.2. The minimum absolute atomic E-state index is 0.491. The van der Waals surface area contributed by atoms with Gasteiger partial charge in [0.2, 0.25) is 0 Å². The first-order valence-corrected chi connectivity index (χ1v) is 6.23. The van der Waals surface area contributed by atoms with E-state index < -0.39 is 6.10 Å². The van der Waals surface area contributed by atoms with E-state index in [2.05, 4.69) is 0 Å². The molecule has 0 unspecified atom stereocenters. The van der Waals surface area contributed by atoms with Crippen LogP contribution in [0.3, 0.4) is 0 Å². The van der Waals surface area contributed by atoms with E-state index in [9.17, 15) is 5.11 Å². The molecule has 2 rings (SSSR count). The van der Waals surface area contributed by atoms with Gasteiger partial charge in [-0.1, -0.05) is 36.4 Å². The number of ether oxygens (including phenoxy) is 2. The Morgan fingerprint density at radius 3 is 2.42 bits per heavy atom. The molecular formula is C16H18O3. The van der Waals surface area contributed by atoms with Gasteiger partial charge < -0.3 is 14.6 Å². The first-order chi connectivity index (χ1) is 9.20. The van der Waals surface area contributed by atoms with Crippen LogP contribution < -0.4 is 9.47 Å². The summed E-state index contributed by atoms with van der Waals surface area (Å²) in [7, 11) is 1.59. The number of hydrogen-bond acceptors (Lipinski definition) is 3. The minimum Gasteiger partial charge on any atom is -0.493 e. The van der Waals surface area contributed by atoms with Crippen molar-refractivity contribution in [3.8, 4) is 11.5 Å². The van der Waals surface area contributed by atoms with Crippen molar-refractivity contribution >= 4 is 0 Å². The standard InChI is InChI=1S/C16H18O3/c1-12(17)14-8-9-15(16(10-14)18-2)19-11-13-6-4-3-5-7-13/h3-10,12,17H,11H2,1-2H3/t12-/m1/s1. The second-order valence-corrected chi connectivity index (χ2v) is 4.36. The minimum atomic E-state index is -0.517. The third kappa shape index (κ3) is 3.48. The third-order valence-electron chi connectivity index (χ3n) is 2.91. The van der Waals surface area contributed by atoms with Crippen LogP contribution in [0, 0.1) is 0 Å². The summed E-state index contributed by atoms with van der Waals surface area (Å²) >= 11 is 0. The Morgan fingerprint density at radius 1 is 1.05 bits per heavy atom. The van der Waals surface area contributed by atoms with E-state index in [0.717, 1.165) is 11.1 Å². The van der Waals surface area contributed by atoms with E-state index in [-0.39, 0.29) is 0 Å². The van der Waals surface area contributed by atoms with Gasteiger partial charge in [-0.15, -0.1) is 0 Å². The number of aliphatic hydroxyl groups excluding tert-OH is 1. The molecule has 3 nitrogen and oxygen atoms in total. The van der Waals surface area contributed by atoms with Gasteiger partial charge in [-0.25, -0.2) is 0 Å². The van der Waals surface area contributed by atoms with Gasteiger partial charge in [0.25, 0.3) is 0 Å². The van der Waals surface area contributed by atoms with Gasteiger partial charge in [-0.2, -0.15) is 0 Å². The van der Waals surface area contributed by atoms with Crippen LogP contribution in [-0.4, -0.2) is 12.2 Å². The molecule has 0 spiro atoms. The molecule has 0 bridgehead atoms. The molecule has 0 aliphatic rings. The van der Waals surface area contributed by atoms with Crippen LogP contribution in [0.1, 0.15) is 24.2 Å². The summed E-state index contributed by atoms with van der Waals surface area (Å²) in [6.45, 7) is 2.21. The molecule has 19 heavy (non-hydrogen) atoms.